The molecule has 0 aliphatic rings. The number of benzene rings is 2. The smallest absolute Gasteiger partial charge is 0.0715 e. The molecular formula is C28H37N3. The number of nitrogens with zero attached hydrogens (tertiary/aromatic N) is 2. The molecule has 164 valence electrons. The lowest BCUT2D eigenvalue weighted by Gasteiger charge is -2.12. The van der Waals surface area contributed by atoms with Crippen LogP contribution in [0.15, 0.2) is 70.7 Å². The third-order valence-electron chi connectivity index (χ3n) is 5.17. The number of anilines is 2. The van der Waals surface area contributed by atoms with Crippen LogP contribution in [-0.4, -0.2) is 19.0 Å². The van der Waals surface area contributed by atoms with Gasteiger partial charge in [0.05, 0.1) is 11.4 Å². The highest BCUT2D eigenvalue weighted by Gasteiger charge is 2.07. The predicted octanol–water partition coefficient (Wildman–Crippen LogP) is 7.80. The zero-order valence-electron chi connectivity index (χ0n) is 20.0. The molecule has 0 radical (unpaired) electrons. The van der Waals surface area contributed by atoms with E-state index in [9.17, 15) is 0 Å². The molecule has 0 saturated heterocycles. The largest absolute Gasteiger partial charge is 0.355 e. The first kappa shape index (κ1) is 24.3. The van der Waals surface area contributed by atoms with Crippen molar-refractivity contribution < 1.29 is 0 Å². The molecule has 0 bridgehead atoms. The predicted molar refractivity (Wildman–Crippen MR) is 139 cm³/mol. The fourth-order valence-electron chi connectivity index (χ4n) is 3.30. The van der Waals surface area contributed by atoms with Crippen LogP contribution in [0, 0.1) is 12.8 Å². The molecular weight excluding hydrogens is 378 g/mol. The van der Waals surface area contributed by atoms with Gasteiger partial charge in [0.25, 0.3) is 0 Å². The average molecular weight is 416 g/mol. The van der Waals surface area contributed by atoms with Crippen LogP contribution in [0.2, 0.25) is 0 Å². The SMILES string of the molecule is C=CC(=Nc1cc(Nc2cc(CC)cc(CC)c2)ccc1C)/C(C=NC)=C/CC(C)C. The van der Waals surface area contributed by atoms with Crippen molar-refractivity contribution in [2.24, 2.45) is 15.9 Å². The molecule has 0 spiro atoms. The van der Waals surface area contributed by atoms with E-state index in [1.807, 2.05) is 12.3 Å². The Bertz CT molecular complexity index is 955. The van der Waals surface area contributed by atoms with Gasteiger partial charge < -0.3 is 5.32 Å². The number of hydrogen-bond donors (Lipinski definition) is 1. The second kappa shape index (κ2) is 12.0. The Morgan fingerprint density at radius 3 is 2.26 bits per heavy atom. The third-order valence-corrected chi connectivity index (χ3v) is 5.17. The molecule has 3 nitrogen and oxygen atoms in total. The molecule has 0 aliphatic heterocycles. The van der Waals surface area contributed by atoms with E-state index in [4.69, 9.17) is 4.99 Å². The highest BCUT2D eigenvalue weighted by molar-refractivity contribution is 6.21. The summed E-state index contributed by atoms with van der Waals surface area (Å²) in [7, 11) is 1.79. The van der Waals surface area contributed by atoms with Gasteiger partial charge in [-0.05, 0) is 79.1 Å². The Kier molecular flexibility index (Phi) is 9.45. The molecule has 0 fully saturated rings. The molecule has 0 atom stereocenters. The van der Waals surface area contributed by atoms with Crippen LogP contribution in [0.1, 0.15) is 50.8 Å². The first-order valence-corrected chi connectivity index (χ1v) is 11.2. The number of aliphatic imine (C=N–C) groups is 2. The van der Waals surface area contributed by atoms with Crippen LogP contribution >= 0.6 is 0 Å². The molecule has 0 amide bonds. The summed E-state index contributed by atoms with van der Waals surface area (Å²) in [4.78, 5) is 9.16. The maximum absolute atomic E-state index is 4.94. The molecule has 2 aromatic rings. The topological polar surface area (TPSA) is 36.8 Å². The maximum atomic E-state index is 4.94. The van der Waals surface area contributed by atoms with E-state index in [1.54, 1.807) is 7.05 Å². The summed E-state index contributed by atoms with van der Waals surface area (Å²) in [5.41, 5.74) is 8.75. The molecule has 1 N–H and O–H groups in total. The number of allylic oxidation sites excluding steroid dienone is 3. The highest BCUT2D eigenvalue weighted by atomic mass is 14.9. The summed E-state index contributed by atoms with van der Waals surface area (Å²) in [5, 5.41) is 3.57. The number of hydrogen-bond acceptors (Lipinski definition) is 3. The molecule has 2 rings (SSSR count). The number of nitrogens with one attached hydrogen (secondary N) is 1. The van der Waals surface area contributed by atoms with E-state index in [0.29, 0.717) is 5.92 Å². The van der Waals surface area contributed by atoms with Crippen LogP contribution < -0.4 is 5.32 Å². The lowest BCUT2D eigenvalue weighted by atomic mass is 10.0. The van der Waals surface area contributed by atoms with Crippen LogP contribution in [0.5, 0.6) is 0 Å². The normalized spacial score (nSPS) is 12.6. The van der Waals surface area contributed by atoms with E-state index in [-0.39, 0.29) is 0 Å². The Balaban J connectivity index is 2.41. The summed E-state index contributed by atoms with van der Waals surface area (Å²) in [6.07, 6.45) is 8.90. The summed E-state index contributed by atoms with van der Waals surface area (Å²) in [5.74, 6) is 0.576. The average Bonchev–Trinajstić information content (AvgIpc) is 2.76. The summed E-state index contributed by atoms with van der Waals surface area (Å²) < 4.78 is 0. The van der Waals surface area contributed by atoms with Gasteiger partial charge in [-0.2, -0.15) is 0 Å². The van der Waals surface area contributed by atoms with Gasteiger partial charge in [-0.15, -0.1) is 0 Å². The Labute approximate surface area is 188 Å². The van der Waals surface area contributed by atoms with Crippen molar-refractivity contribution in [3.05, 3.63) is 77.4 Å². The van der Waals surface area contributed by atoms with Gasteiger partial charge in [0.1, 0.15) is 0 Å². The van der Waals surface area contributed by atoms with Crippen LogP contribution in [-0.2, 0) is 12.8 Å². The third kappa shape index (κ3) is 7.36. The first-order chi connectivity index (χ1) is 14.9. The van der Waals surface area contributed by atoms with Gasteiger partial charge in [0.2, 0.25) is 0 Å². The summed E-state index contributed by atoms with van der Waals surface area (Å²) >= 11 is 0. The maximum Gasteiger partial charge on any atom is 0.0715 e. The molecule has 0 aliphatic carbocycles. The minimum Gasteiger partial charge on any atom is -0.355 e. The fraction of sp³-hybridized carbons (Fsp3) is 0.357. The summed E-state index contributed by atoms with van der Waals surface area (Å²) in [6, 6.07) is 13.1. The molecule has 0 unspecified atom stereocenters. The molecule has 2 aromatic carbocycles. The van der Waals surface area contributed by atoms with Crippen molar-refractivity contribution in [3.8, 4) is 0 Å². The van der Waals surface area contributed by atoms with Gasteiger partial charge in [0.15, 0.2) is 0 Å². The zero-order valence-corrected chi connectivity index (χ0v) is 20.0. The van der Waals surface area contributed by atoms with E-state index in [2.05, 4.69) is 94.0 Å². The van der Waals surface area contributed by atoms with E-state index >= 15 is 0 Å². The van der Waals surface area contributed by atoms with Crippen molar-refractivity contribution in [2.75, 3.05) is 12.4 Å². The Morgan fingerprint density at radius 1 is 1.03 bits per heavy atom. The van der Waals surface area contributed by atoms with Crippen LogP contribution in [0.4, 0.5) is 17.1 Å². The zero-order chi connectivity index (χ0) is 22.8. The second-order valence-electron chi connectivity index (χ2n) is 8.25. The lowest BCUT2D eigenvalue weighted by Crippen LogP contribution is -2.02. The minimum atomic E-state index is 0.576. The Morgan fingerprint density at radius 2 is 1.71 bits per heavy atom. The van der Waals surface area contributed by atoms with Gasteiger partial charge in [-0.25, -0.2) is 4.99 Å². The first-order valence-electron chi connectivity index (χ1n) is 11.2. The van der Waals surface area contributed by atoms with Crippen molar-refractivity contribution >= 4 is 29.0 Å². The molecule has 0 heterocycles. The van der Waals surface area contributed by atoms with Crippen molar-refractivity contribution in [1.82, 2.24) is 0 Å². The summed E-state index contributed by atoms with van der Waals surface area (Å²) in [6.45, 7) is 14.9. The second-order valence-corrected chi connectivity index (χ2v) is 8.25. The highest BCUT2D eigenvalue weighted by Crippen LogP contribution is 2.28. The van der Waals surface area contributed by atoms with E-state index < -0.39 is 0 Å². The van der Waals surface area contributed by atoms with Gasteiger partial charge >= 0.3 is 0 Å². The quantitative estimate of drug-likeness (QED) is 0.395. The lowest BCUT2D eigenvalue weighted by molar-refractivity contribution is 0.663. The Hall–Kier alpha value is -2.94. The fourth-order valence-corrected chi connectivity index (χ4v) is 3.30. The van der Waals surface area contributed by atoms with Crippen molar-refractivity contribution in [1.29, 1.82) is 0 Å². The number of aryl methyl sites for hydroxylation is 3. The monoisotopic (exact) mass is 415 g/mol. The van der Waals surface area contributed by atoms with Gasteiger partial charge in [0, 0.05) is 30.2 Å². The van der Waals surface area contributed by atoms with Crippen molar-refractivity contribution in [3.63, 3.8) is 0 Å². The van der Waals surface area contributed by atoms with Gasteiger partial charge in [-0.3, -0.25) is 4.99 Å². The van der Waals surface area contributed by atoms with E-state index in [0.717, 1.165) is 53.2 Å². The molecule has 3 heteroatoms. The molecule has 0 aromatic heterocycles. The van der Waals surface area contributed by atoms with Crippen LogP contribution in [0.3, 0.4) is 0 Å². The number of rotatable bonds is 10. The van der Waals surface area contributed by atoms with Crippen LogP contribution in [0.25, 0.3) is 0 Å². The van der Waals surface area contributed by atoms with E-state index in [1.165, 1.54) is 11.1 Å². The standard InChI is InChI=1S/C28H37N3/c1-8-22-15-23(9-2)17-26(16-22)30-25-14-12-21(6)28(18-25)31-27(10-3)24(19-29-7)13-11-20(4)5/h10,12-20,30H,3,8-9,11H2,1-2,4-7H3/b24-13+,29-19?,31-27?. The van der Waals surface area contributed by atoms with Crippen molar-refractivity contribution in [2.45, 2.75) is 53.9 Å². The molecule has 0 saturated carbocycles. The molecule has 31 heavy (non-hydrogen) atoms. The minimum absolute atomic E-state index is 0.576. The van der Waals surface area contributed by atoms with Gasteiger partial charge in [-0.1, -0.05) is 52.5 Å².